The minimum Gasteiger partial charge on any atom is -0.299 e. The molecule has 2 aromatic rings. The molecule has 110 valence electrons. The third-order valence-electron chi connectivity index (χ3n) is 3.61. The van der Waals surface area contributed by atoms with Gasteiger partial charge in [0, 0.05) is 24.7 Å². The fourth-order valence-electron chi connectivity index (χ4n) is 2.25. The van der Waals surface area contributed by atoms with Gasteiger partial charge in [0.15, 0.2) is 0 Å². The molecule has 0 aliphatic carbocycles. The summed E-state index contributed by atoms with van der Waals surface area (Å²) in [6.07, 6.45) is 3.56. The van der Waals surface area contributed by atoms with E-state index >= 15 is 0 Å². The number of pyridine rings is 1. The first kappa shape index (κ1) is 15.4. The molecule has 0 fully saturated rings. The van der Waals surface area contributed by atoms with E-state index in [0.717, 1.165) is 17.7 Å². The van der Waals surface area contributed by atoms with Crippen molar-refractivity contribution in [3.63, 3.8) is 0 Å². The van der Waals surface area contributed by atoms with E-state index in [1.165, 1.54) is 5.56 Å². The fourth-order valence-corrected chi connectivity index (χ4v) is 2.25. The molecular weight excluding hydrogens is 258 g/mol. The second-order valence-electron chi connectivity index (χ2n) is 6.48. The predicted molar refractivity (Wildman–Crippen MR) is 86.4 cm³/mol. The van der Waals surface area contributed by atoms with E-state index < -0.39 is 0 Å². The van der Waals surface area contributed by atoms with Crippen LogP contribution in [0.4, 0.5) is 0 Å². The van der Waals surface area contributed by atoms with Crippen molar-refractivity contribution >= 4 is 5.78 Å². The summed E-state index contributed by atoms with van der Waals surface area (Å²) in [6, 6.07) is 14.2. The first-order chi connectivity index (χ1) is 9.95. The van der Waals surface area contributed by atoms with Crippen molar-refractivity contribution in [1.82, 2.24) is 4.98 Å². The van der Waals surface area contributed by atoms with Crippen molar-refractivity contribution in [1.29, 1.82) is 0 Å². The van der Waals surface area contributed by atoms with Crippen LogP contribution < -0.4 is 0 Å². The van der Waals surface area contributed by atoms with Crippen molar-refractivity contribution in [3.8, 4) is 0 Å². The van der Waals surface area contributed by atoms with Gasteiger partial charge in [0.25, 0.3) is 0 Å². The van der Waals surface area contributed by atoms with Gasteiger partial charge in [-0.3, -0.25) is 9.78 Å². The molecule has 0 aliphatic heterocycles. The minimum absolute atomic E-state index is 0.154. The van der Waals surface area contributed by atoms with Crippen LogP contribution in [-0.2, 0) is 23.1 Å². The molecule has 0 radical (unpaired) electrons. The Morgan fingerprint density at radius 3 is 2.33 bits per heavy atom. The van der Waals surface area contributed by atoms with Crippen molar-refractivity contribution in [2.24, 2.45) is 0 Å². The number of aromatic nitrogens is 1. The topological polar surface area (TPSA) is 30.0 Å². The Morgan fingerprint density at radius 2 is 1.76 bits per heavy atom. The van der Waals surface area contributed by atoms with Gasteiger partial charge in [-0.05, 0) is 35.1 Å². The summed E-state index contributed by atoms with van der Waals surface area (Å²) in [4.78, 5) is 16.3. The molecule has 0 saturated heterocycles. The van der Waals surface area contributed by atoms with E-state index in [-0.39, 0.29) is 11.2 Å². The average Bonchev–Trinajstić information content (AvgIpc) is 2.46. The summed E-state index contributed by atoms with van der Waals surface area (Å²) in [5, 5.41) is 0. The molecule has 21 heavy (non-hydrogen) atoms. The molecule has 0 unspecified atom stereocenters. The molecule has 2 nitrogen and oxygen atoms in total. The molecule has 0 saturated carbocycles. The molecule has 0 N–H and O–H groups in total. The first-order valence-corrected chi connectivity index (χ1v) is 7.46. The third-order valence-corrected chi connectivity index (χ3v) is 3.61. The maximum absolute atomic E-state index is 12.0. The lowest BCUT2D eigenvalue weighted by atomic mass is 9.86. The van der Waals surface area contributed by atoms with Gasteiger partial charge in [-0.2, -0.15) is 0 Å². The predicted octanol–water partition coefficient (Wildman–Crippen LogP) is 4.12. The summed E-state index contributed by atoms with van der Waals surface area (Å²) in [7, 11) is 0. The van der Waals surface area contributed by atoms with Crippen molar-refractivity contribution in [3.05, 3.63) is 65.5 Å². The smallest absolute Gasteiger partial charge is 0.137 e. The zero-order chi connectivity index (χ0) is 15.3. The average molecular weight is 281 g/mol. The van der Waals surface area contributed by atoms with Crippen LogP contribution in [0.1, 0.15) is 44.0 Å². The zero-order valence-corrected chi connectivity index (χ0v) is 13.1. The summed E-state index contributed by atoms with van der Waals surface area (Å²) in [6.45, 7) is 6.58. The monoisotopic (exact) mass is 281 g/mol. The molecule has 1 heterocycles. The van der Waals surface area contributed by atoms with Crippen LogP contribution in [-0.4, -0.2) is 10.8 Å². The number of aryl methyl sites for hydroxylation is 1. The van der Waals surface area contributed by atoms with Gasteiger partial charge in [0.2, 0.25) is 0 Å². The van der Waals surface area contributed by atoms with E-state index in [0.29, 0.717) is 12.8 Å². The second-order valence-corrected chi connectivity index (χ2v) is 6.48. The van der Waals surface area contributed by atoms with Gasteiger partial charge in [-0.1, -0.05) is 51.1 Å². The highest BCUT2D eigenvalue weighted by atomic mass is 16.1. The van der Waals surface area contributed by atoms with Gasteiger partial charge in [-0.15, -0.1) is 0 Å². The number of carbonyl (C=O) groups excluding carboxylic acids is 1. The molecule has 1 aromatic heterocycles. The number of Topliss-reactive ketones (excluding diaryl/α,β-unsaturated/α-hetero) is 1. The first-order valence-electron chi connectivity index (χ1n) is 7.46. The van der Waals surface area contributed by atoms with Crippen molar-refractivity contribution in [2.75, 3.05) is 0 Å². The second kappa shape index (κ2) is 6.66. The van der Waals surface area contributed by atoms with Gasteiger partial charge in [0.1, 0.15) is 5.78 Å². The van der Waals surface area contributed by atoms with Gasteiger partial charge in [0.05, 0.1) is 0 Å². The highest BCUT2D eigenvalue weighted by Gasteiger charge is 2.13. The summed E-state index contributed by atoms with van der Waals surface area (Å²) in [5.41, 5.74) is 3.52. The quantitative estimate of drug-likeness (QED) is 0.825. The lowest BCUT2D eigenvalue weighted by Crippen LogP contribution is -2.11. The van der Waals surface area contributed by atoms with Crippen LogP contribution in [0, 0.1) is 0 Å². The van der Waals surface area contributed by atoms with E-state index in [4.69, 9.17) is 0 Å². The van der Waals surface area contributed by atoms with Gasteiger partial charge in [-0.25, -0.2) is 0 Å². The SMILES string of the molecule is CC(C)(C)c1ccc(CC(=O)CCc2ccccn2)cc1. The van der Waals surface area contributed by atoms with Crippen LogP contribution in [0.5, 0.6) is 0 Å². The maximum Gasteiger partial charge on any atom is 0.137 e. The van der Waals surface area contributed by atoms with Crippen molar-refractivity contribution < 1.29 is 4.79 Å². The molecule has 2 rings (SSSR count). The number of hydrogen-bond acceptors (Lipinski definition) is 2. The lowest BCUT2D eigenvalue weighted by Gasteiger charge is -2.19. The van der Waals surface area contributed by atoms with Crippen LogP contribution in [0.3, 0.4) is 0 Å². The highest BCUT2D eigenvalue weighted by molar-refractivity contribution is 5.81. The Bertz CT molecular complexity index is 579. The number of carbonyl (C=O) groups is 1. The Balaban J connectivity index is 1.88. The number of ketones is 1. The molecular formula is C19H23NO. The minimum atomic E-state index is 0.154. The Kier molecular flexibility index (Phi) is 4.89. The van der Waals surface area contributed by atoms with E-state index in [1.807, 2.05) is 18.2 Å². The van der Waals surface area contributed by atoms with Crippen LogP contribution in [0.15, 0.2) is 48.7 Å². The van der Waals surface area contributed by atoms with Gasteiger partial charge >= 0.3 is 0 Å². The number of hydrogen-bond donors (Lipinski definition) is 0. The Hall–Kier alpha value is -1.96. The van der Waals surface area contributed by atoms with Crippen LogP contribution >= 0.6 is 0 Å². The normalized spacial score (nSPS) is 11.4. The summed E-state index contributed by atoms with van der Waals surface area (Å²) in [5.74, 6) is 0.268. The van der Waals surface area contributed by atoms with E-state index in [9.17, 15) is 4.79 Å². The molecule has 0 spiro atoms. The molecule has 0 amide bonds. The van der Waals surface area contributed by atoms with Crippen molar-refractivity contribution in [2.45, 2.75) is 45.4 Å². The maximum atomic E-state index is 12.0. The van der Waals surface area contributed by atoms with E-state index in [2.05, 4.69) is 50.0 Å². The molecule has 1 aromatic carbocycles. The van der Waals surface area contributed by atoms with E-state index in [1.54, 1.807) is 6.20 Å². The van der Waals surface area contributed by atoms with Gasteiger partial charge < -0.3 is 0 Å². The van der Waals surface area contributed by atoms with Crippen LogP contribution in [0.25, 0.3) is 0 Å². The van der Waals surface area contributed by atoms with Crippen LogP contribution in [0.2, 0.25) is 0 Å². The zero-order valence-electron chi connectivity index (χ0n) is 13.1. The standard InChI is InChI=1S/C19H23NO/c1-19(2,3)16-9-7-15(8-10-16)14-18(21)12-11-17-6-4-5-13-20-17/h4-10,13H,11-12,14H2,1-3H3. The third kappa shape index (κ3) is 4.82. The number of nitrogens with zero attached hydrogens (tertiary/aromatic N) is 1. The Morgan fingerprint density at radius 1 is 1.05 bits per heavy atom. The summed E-state index contributed by atoms with van der Waals surface area (Å²) >= 11 is 0. The largest absolute Gasteiger partial charge is 0.299 e. The lowest BCUT2D eigenvalue weighted by molar-refractivity contribution is -0.118. The number of rotatable bonds is 5. The fraction of sp³-hybridized carbons (Fsp3) is 0.368. The molecule has 2 heteroatoms. The molecule has 0 atom stereocenters. The highest BCUT2D eigenvalue weighted by Crippen LogP contribution is 2.22. The molecule has 0 bridgehead atoms. The summed E-state index contributed by atoms with van der Waals surface area (Å²) < 4.78 is 0. The Labute approximate surface area is 127 Å². The molecule has 0 aliphatic rings. The number of benzene rings is 1.